The molecule has 2 aliphatic rings. The smallest absolute Gasteiger partial charge is 0.261 e. The fourth-order valence-electron chi connectivity index (χ4n) is 8.70. The summed E-state index contributed by atoms with van der Waals surface area (Å²) >= 11 is 0. The molecule has 0 saturated heterocycles. The zero-order chi connectivity index (χ0) is 44.4. The van der Waals surface area contributed by atoms with Crippen molar-refractivity contribution in [2.45, 2.75) is 68.6 Å². The molecular weight excluding hydrogens is 825 g/mol. The number of carbonyl (C=O) groups excluding carboxylic acids is 2. The fraction of sp³-hybridized carbons (Fsp3) is 0.216. The number of benzene rings is 6. The van der Waals surface area contributed by atoms with E-state index in [0.717, 1.165) is 38.0 Å². The number of amides is 2. The summed E-state index contributed by atoms with van der Waals surface area (Å²) in [6.07, 6.45) is 1.86. The van der Waals surface area contributed by atoms with Crippen LogP contribution in [0.3, 0.4) is 0 Å². The van der Waals surface area contributed by atoms with Gasteiger partial charge in [-0.2, -0.15) is 4.72 Å². The molecule has 6 aromatic carbocycles. The number of hydrogen-bond acceptors (Lipinski definition) is 6. The molecule has 2 aliphatic heterocycles. The van der Waals surface area contributed by atoms with Crippen molar-refractivity contribution >= 4 is 51.4 Å². The molecule has 3 atom stereocenters. The fourth-order valence-corrected chi connectivity index (χ4v) is 14.5. The summed E-state index contributed by atoms with van der Waals surface area (Å²) in [6.45, 7) is 8.47. The summed E-state index contributed by atoms with van der Waals surface area (Å²) in [5.74, 6) is -1.09. The first kappa shape index (κ1) is 43.3. The van der Waals surface area contributed by atoms with E-state index in [2.05, 4.69) is 65.4 Å². The summed E-state index contributed by atoms with van der Waals surface area (Å²) in [7, 11) is -7.32. The van der Waals surface area contributed by atoms with Crippen molar-refractivity contribution < 1.29 is 27.5 Å². The van der Waals surface area contributed by atoms with E-state index in [9.17, 15) is 23.1 Å². The van der Waals surface area contributed by atoms with Crippen LogP contribution in [0, 0.1) is 6.92 Å². The Morgan fingerprint density at radius 1 is 0.746 bits per heavy atom. The van der Waals surface area contributed by atoms with Gasteiger partial charge in [0.15, 0.2) is 0 Å². The van der Waals surface area contributed by atoms with Crippen LogP contribution in [0.15, 0.2) is 163 Å². The minimum absolute atomic E-state index is 0.0138. The van der Waals surface area contributed by atoms with E-state index in [1.807, 2.05) is 97.9 Å². The number of H-pyrrole nitrogens is 1. The Kier molecular flexibility index (Phi) is 12.3. The third kappa shape index (κ3) is 9.12. The minimum atomic E-state index is -4.19. The van der Waals surface area contributed by atoms with Gasteiger partial charge in [0.2, 0.25) is 21.8 Å². The molecule has 6 bridgehead atoms. The third-order valence-electron chi connectivity index (χ3n) is 12.0. The van der Waals surface area contributed by atoms with Gasteiger partial charge >= 0.3 is 0 Å². The van der Waals surface area contributed by atoms with Crippen LogP contribution in [-0.2, 0) is 36.9 Å². The normalized spacial score (nSPS) is 17.4. The number of rotatable bonds is 10. The number of phenols is 1. The number of phenolic OH excluding ortho intramolecular Hbond substituents is 1. The molecule has 63 heavy (non-hydrogen) atoms. The number of hydrogen-bond donors (Lipinski definition) is 5. The summed E-state index contributed by atoms with van der Waals surface area (Å²) in [5.41, 5.74) is 5.07. The van der Waals surface area contributed by atoms with Gasteiger partial charge in [0.25, 0.3) is 8.32 Å². The highest BCUT2D eigenvalue weighted by Gasteiger charge is 2.50. The molecule has 10 nitrogen and oxygen atoms in total. The number of nitrogens with one attached hydrogen (secondary N) is 4. The lowest BCUT2D eigenvalue weighted by molar-refractivity contribution is -0.130. The highest BCUT2D eigenvalue weighted by atomic mass is 32.2. The van der Waals surface area contributed by atoms with E-state index in [1.165, 1.54) is 12.1 Å². The van der Waals surface area contributed by atoms with E-state index >= 15 is 0 Å². The summed E-state index contributed by atoms with van der Waals surface area (Å²) in [6, 6.07) is 44.1. The van der Waals surface area contributed by atoms with Gasteiger partial charge in [0.05, 0.1) is 17.5 Å². The minimum Gasteiger partial charge on any atom is -0.507 e. The van der Waals surface area contributed by atoms with Crippen molar-refractivity contribution in [2.75, 3.05) is 6.61 Å². The van der Waals surface area contributed by atoms with Crippen LogP contribution in [0.5, 0.6) is 5.75 Å². The quantitative estimate of drug-likeness (QED) is 0.0918. The molecule has 12 heteroatoms. The standard InChI is InChI=1S/C51H52N4O6SSi/c1-34-20-24-39(25-21-34)62(59,60)55-46-31-38-32-52-44-30-36(22-26-42(38)44)43-29-37(23-27-48(43)56)47(54-49(57)45(53-50(46)58)28-35-14-8-5-9-15-35)33-61-63(51(2,3)4,40-16-10-6-11-17-40)41-18-12-7-13-19-41/h5-27,29-30,32,45-47,52,55-56H,28,31,33H2,1-4H3,(H,53,58)(H,54,57)/t45-,46-,47-/m0/s1. The average Bonchev–Trinajstić information content (AvgIpc) is 3.68. The van der Waals surface area contributed by atoms with Crippen molar-refractivity contribution in [2.24, 2.45) is 0 Å². The van der Waals surface area contributed by atoms with Gasteiger partial charge in [-0.05, 0) is 81.3 Å². The number of carbonyl (C=O) groups is 2. The van der Waals surface area contributed by atoms with Crippen LogP contribution < -0.4 is 25.7 Å². The van der Waals surface area contributed by atoms with Gasteiger partial charge in [-0.25, -0.2) is 8.42 Å². The Bertz CT molecular complexity index is 2810. The zero-order valence-electron chi connectivity index (χ0n) is 35.8. The molecule has 2 amide bonds. The maximum absolute atomic E-state index is 15.0. The Morgan fingerprint density at radius 3 is 2.00 bits per heavy atom. The first-order valence-corrected chi connectivity index (χ1v) is 24.5. The van der Waals surface area contributed by atoms with Crippen LogP contribution >= 0.6 is 0 Å². The molecule has 0 fully saturated rings. The molecule has 322 valence electrons. The van der Waals surface area contributed by atoms with Gasteiger partial charge in [-0.15, -0.1) is 0 Å². The van der Waals surface area contributed by atoms with E-state index < -0.39 is 48.3 Å². The number of aromatic hydroxyl groups is 1. The molecule has 3 heterocycles. The van der Waals surface area contributed by atoms with Gasteiger partial charge < -0.3 is 25.2 Å². The van der Waals surface area contributed by atoms with E-state index in [4.69, 9.17) is 4.43 Å². The number of fused-ring (bicyclic) bond motifs is 8. The van der Waals surface area contributed by atoms with Gasteiger partial charge in [0.1, 0.15) is 17.8 Å². The Labute approximate surface area is 369 Å². The molecule has 0 saturated carbocycles. The van der Waals surface area contributed by atoms with Crippen LogP contribution in [0.25, 0.3) is 22.0 Å². The van der Waals surface area contributed by atoms with Crippen molar-refractivity contribution in [1.82, 2.24) is 20.3 Å². The predicted molar refractivity (Wildman–Crippen MR) is 251 cm³/mol. The maximum atomic E-state index is 15.0. The van der Waals surface area contributed by atoms with Gasteiger partial charge in [0, 0.05) is 29.1 Å². The van der Waals surface area contributed by atoms with Crippen LogP contribution in [0.2, 0.25) is 5.04 Å². The second-order valence-electron chi connectivity index (χ2n) is 17.3. The Balaban J connectivity index is 1.26. The molecule has 0 unspecified atom stereocenters. The topological polar surface area (TPSA) is 150 Å². The van der Waals surface area contributed by atoms with Crippen LogP contribution in [0.1, 0.15) is 49.1 Å². The lowest BCUT2D eigenvalue weighted by Gasteiger charge is -2.44. The van der Waals surface area contributed by atoms with Crippen LogP contribution in [0.4, 0.5) is 0 Å². The van der Waals surface area contributed by atoms with Crippen molar-refractivity contribution in [1.29, 1.82) is 0 Å². The van der Waals surface area contributed by atoms with Gasteiger partial charge in [-0.3, -0.25) is 9.59 Å². The lowest BCUT2D eigenvalue weighted by atomic mass is 9.96. The highest BCUT2D eigenvalue weighted by Crippen LogP contribution is 2.39. The molecule has 0 aliphatic carbocycles. The number of aromatic nitrogens is 1. The zero-order valence-corrected chi connectivity index (χ0v) is 37.6. The SMILES string of the molecule is Cc1ccc(S(=O)(=O)N[C@H]2Cc3c[nH]c4cc(ccc34)-c3cc(ccc3O)[C@H](CO[Si](c3ccccc3)(c3ccccc3)C(C)(C)C)NC(=O)[C@H](Cc3ccccc3)NC2=O)cc1. The monoisotopic (exact) mass is 876 g/mol. The largest absolute Gasteiger partial charge is 0.507 e. The summed E-state index contributed by atoms with van der Waals surface area (Å²) in [4.78, 5) is 33.0. The van der Waals surface area contributed by atoms with Crippen molar-refractivity contribution in [3.8, 4) is 16.9 Å². The Morgan fingerprint density at radius 2 is 1.37 bits per heavy atom. The molecule has 0 spiro atoms. The Hall–Kier alpha value is -6.31. The predicted octanol–water partition coefficient (Wildman–Crippen LogP) is 7.21. The summed E-state index contributed by atoms with van der Waals surface area (Å²) < 4.78 is 38.0. The van der Waals surface area contributed by atoms with E-state index in [-0.39, 0.29) is 35.1 Å². The van der Waals surface area contributed by atoms with E-state index in [0.29, 0.717) is 16.7 Å². The molecule has 7 aromatic rings. The van der Waals surface area contributed by atoms with Crippen molar-refractivity contribution in [3.63, 3.8) is 0 Å². The first-order chi connectivity index (χ1) is 30.2. The molecule has 0 radical (unpaired) electrons. The highest BCUT2D eigenvalue weighted by molar-refractivity contribution is 7.89. The average molecular weight is 877 g/mol. The maximum Gasteiger partial charge on any atom is 0.261 e. The third-order valence-corrected chi connectivity index (χ3v) is 18.5. The number of aryl methyl sites for hydroxylation is 1. The lowest BCUT2D eigenvalue weighted by Crippen LogP contribution is -2.67. The van der Waals surface area contributed by atoms with E-state index in [1.54, 1.807) is 30.5 Å². The van der Waals surface area contributed by atoms with Crippen LogP contribution in [-0.4, -0.2) is 57.3 Å². The molecule has 1 aromatic heterocycles. The second kappa shape index (κ2) is 17.8. The molecule has 5 N–H and O–H groups in total. The van der Waals surface area contributed by atoms with Crippen molar-refractivity contribution in [3.05, 3.63) is 180 Å². The number of aromatic amines is 1. The summed E-state index contributed by atoms with van der Waals surface area (Å²) in [5, 5.41) is 20.2. The number of sulfonamides is 1. The molecule has 9 rings (SSSR count). The van der Waals surface area contributed by atoms with Gasteiger partial charge in [-0.1, -0.05) is 148 Å². The first-order valence-electron chi connectivity index (χ1n) is 21.1. The molecular formula is C51H52N4O6SSi. The second-order valence-corrected chi connectivity index (χ2v) is 23.3.